The highest BCUT2D eigenvalue weighted by Crippen LogP contribution is 2.36. The number of benzene rings is 2. The summed E-state index contributed by atoms with van der Waals surface area (Å²) in [6, 6.07) is 16.3. The summed E-state index contributed by atoms with van der Waals surface area (Å²) in [5.74, 6) is -1.15. The normalized spacial score (nSPS) is 18.9. The summed E-state index contributed by atoms with van der Waals surface area (Å²) in [6.45, 7) is 0.261. The van der Waals surface area contributed by atoms with Crippen molar-refractivity contribution in [1.29, 1.82) is 0 Å². The van der Waals surface area contributed by atoms with Gasteiger partial charge in [0.05, 0.1) is 13.2 Å². The fourth-order valence-electron chi connectivity index (χ4n) is 3.01. The maximum atomic E-state index is 12.5. The van der Waals surface area contributed by atoms with Crippen LogP contribution in [0.5, 0.6) is 0 Å². The number of likely N-dealkylation sites (N-methyl/N-ethyl adjacent to an activating group) is 1. The Bertz CT molecular complexity index is 776. The fourth-order valence-corrected chi connectivity index (χ4v) is 3.01. The maximum absolute atomic E-state index is 12.5. The minimum Gasteiger partial charge on any atom is -0.479 e. The molecule has 0 saturated heterocycles. The molecule has 3 rings (SSSR count). The van der Waals surface area contributed by atoms with Crippen molar-refractivity contribution in [3.05, 3.63) is 71.3 Å². The van der Waals surface area contributed by atoms with Crippen molar-refractivity contribution in [2.45, 2.75) is 18.8 Å². The second kappa shape index (κ2) is 6.94. The van der Waals surface area contributed by atoms with Gasteiger partial charge in [-0.15, -0.1) is 0 Å². The number of ether oxygens (including phenoxy) is 2. The molecular weight excluding hydrogens is 322 g/mol. The average Bonchev–Trinajstić information content (AvgIpc) is 2.65. The second-order valence-corrected chi connectivity index (χ2v) is 5.91. The Morgan fingerprint density at radius 1 is 1.16 bits per heavy atom. The van der Waals surface area contributed by atoms with Crippen LogP contribution in [-0.2, 0) is 33.0 Å². The molecule has 0 aromatic heterocycles. The standard InChI is InChI=1S/C19H19NO5/c1-20(18(23)25-11-14-7-3-2-4-8-14)19(17(21)22)13-24-12-15-9-5-6-10-16(15)19/h2-10H,11-13H2,1H3,(H,21,22). The molecule has 0 spiro atoms. The minimum absolute atomic E-state index is 0.0716. The van der Waals surface area contributed by atoms with Gasteiger partial charge in [-0.25, -0.2) is 9.59 Å². The van der Waals surface area contributed by atoms with Gasteiger partial charge >= 0.3 is 12.1 Å². The average molecular weight is 341 g/mol. The molecule has 2 aromatic carbocycles. The highest BCUT2D eigenvalue weighted by Gasteiger charge is 2.50. The van der Waals surface area contributed by atoms with Crippen molar-refractivity contribution >= 4 is 12.1 Å². The predicted octanol–water partition coefficient (Wildman–Crippen LogP) is 2.77. The van der Waals surface area contributed by atoms with Gasteiger partial charge in [0.15, 0.2) is 5.54 Å². The van der Waals surface area contributed by atoms with E-state index in [9.17, 15) is 14.7 Å². The van der Waals surface area contributed by atoms with Crippen molar-refractivity contribution < 1.29 is 24.2 Å². The summed E-state index contributed by atoms with van der Waals surface area (Å²) < 4.78 is 10.8. The Hall–Kier alpha value is -2.86. The number of nitrogens with zero attached hydrogens (tertiary/aromatic N) is 1. The summed E-state index contributed by atoms with van der Waals surface area (Å²) in [5.41, 5.74) is 0.517. The number of rotatable bonds is 4. The van der Waals surface area contributed by atoms with Gasteiger partial charge in [0.2, 0.25) is 0 Å². The van der Waals surface area contributed by atoms with E-state index in [1.807, 2.05) is 36.4 Å². The monoisotopic (exact) mass is 341 g/mol. The van der Waals surface area contributed by atoms with Crippen molar-refractivity contribution in [1.82, 2.24) is 4.90 Å². The number of carboxylic acids is 1. The van der Waals surface area contributed by atoms with E-state index in [-0.39, 0.29) is 13.2 Å². The third kappa shape index (κ3) is 3.08. The molecule has 0 fully saturated rings. The molecule has 0 aliphatic carbocycles. The van der Waals surface area contributed by atoms with Crippen LogP contribution in [0.15, 0.2) is 54.6 Å². The van der Waals surface area contributed by atoms with E-state index >= 15 is 0 Å². The van der Waals surface area contributed by atoms with Crippen LogP contribution in [0.4, 0.5) is 4.79 Å². The quantitative estimate of drug-likeness (QED) is 0.925. The minimum atomic E-state index is -1.61. The SMILES string of the molecule is CN(C(=O)OCc1ccccc1)C1(C(=O)O)COCc2ccccc21. The van der Waals surface area contributed by atoms with Crippen molar-refractivity contribution in [2.24, 2.45) is 0 Å². The zero-order valence-electron chi connectivity index (χ0n) is 13.8. The van der Waals surface area contributed by atoms with Crippen LogP contribution < -0.4 is 0 Å². The Kier molecular flexibility index (Phi) is 4.72. The predicted molar refractivity (Wildman–Crippen MR) is 89.8 cm³/mol. The largest absolute Gasteiger partial charge is 0.479 e. The van der Waals surface area contributed by atoms with Crippen molar-refractivity contribution in [2.75, 3.05) is 13.7 Å². The highest BCUT2D eigenvalue weighted by molar-refractivity contribution is 5.86. The number of carbonyl (C=O) groups is 2. The van der Waals surface area contributed by atoms with Gasteiger partial charge in [-0.05, 0) is 16.7 Å². The van der Waals surface area contributed by atoms with Gasteiger partial charge in [-0.3, -0.25) is 4.90 Å². The fraction of sp³-hybridized carbons (Fsp3) is 0.263. The third-order valence-corrected chi connectivity index (χ3v) is 4.44. The molecule has 1 aliphatic rings. The zero-order valence-corrected chi connectivity index (χ0v) is 13.8. The van der Waals surface area contributed by atoms with Crippen LogP contribution in [0.1, 0.15) is 16.7 Å². The molecular formula is C19H19NO5. The Balaban J connectivity index is 1.86. The molecule has 1 unspecified atom stereocenters. The van der Waals surface area contributed by atoms with Crippen LogP contribution in [0, 0.1) is 0 Å². The number of carbonyl (C=O) groups excluding carboxylic acids is 1. The zero-order chi connectivity index (χ0) is 17.9. The summed E-state index contributed by atoms with van der Waals surface area (Å²) >= 11 is 0. The van der Waals surface area contributed by atoms with Gasteiger partial charge in [0.1, 0.15) is 6.61 Å². The van der Waals surface area contributed by atoms with Gasteiger partial charge < -0.3 is 14.6 Å². The molecule has 6 nitrogen and oxygen atoms in total. The lowest BCUT2D eigenvalue weighted by Gasteiger charge is -2.41. The molecule has 6 heteroatoms. The topological polar surface area (TPSA) is 76.1 Å². The first kappa shape index (κ1) is 17.0. The number of amides is 1. The maximum Gasteiger partial charge on any atom is 0.411 e. The number of fused-ring (bicyclic) bond motifs is 1. The second-order valence-electron chi connectivity index (χ2n) is 5.91. The van der Waals surface area contributed by atoms with Crippen LogP contribution in [0.2, 0.25) is 0 Å². The Labute approximate surface area is 145 Å². The number of carboxylic acid groups (broad SMARTS) is 1. The van der Waals surface area contributed by atoms with Gasteiger partial charge in [0.25, 0.3) is 0 Å². The first-order chi connectivity index (χ1) is 12.1. The molecule has 1 N–H and O–H groups in total. The molecule has 2 aromatic rings. The summed E-state index contributed by atoms with van der Waals surface area (Å²) in [6.07, 6.45) is -0.716. The third-order valence-electron chi connectivity index (χ3n) is 4.44. The molecule has 130 valence electrons. The molecule has 1 aliphatic heterocycles. The molecule has 0 bridgehead atoms. The van der Waals surface area contributed by atoms with E-state index in [0.717, 1.165) is 16.0 Å². The lowest BCUT2D eigenvalue weighted by atomic mass is 9.84. The van der Waals surface area contributed by atoms with E-state index < -0.39 is 17.6 Å². The van der Waals surface area contributed by atoms with E-state index in [2.05, 4.69) is 0 Å². The van der Waals surface area contributed by atoms with E-state index in [1.54, 1.807) is 18.2 Å². The molecule has 25 heavy (non-hydrogen) atoms. The van der Waals surface area contributed by atoms with Gasteiger partial charge in [-0.2, -0.15) is 0 Å². The van der Waals surface area contributed by atoms with Gasteiger partial charge in [-0.1, -0.05) is 54.6 Å². The Morgan fingerprint density at radius 3 is 2.56 bits per heavy atom. The number of hydrogen-bond acceptors (Lipinski definition) is 4. The molecule has 1 heterocycles. The van der Waals surface area contributed by atoms with Crippen molar-refractivity contribution in [3.63, 3.8) is 0 Å². The first-order valence-electron chi connectivity index (χ1n) is 7.90. The van der Waals surface area contributed by atoms with Crippen LogP contribution in [0.25, 0.3) is 0 Å². The van der Waals surface area contributed by atoms with E-state index in [1.165, 1.54) is 7.05 Å². The van der Waals surface area contributed by atoms with E-state index in [4.69, 9.17) is 9.47 Å². The Morgan fingerprint density at radius 2 is 1.84 bits per heavy atom. The van der Waals surface area contributed by atoms with Gasteiger partial charge in [0, 0.05) is 7.05 Å². The first-order valence-corrected chi connectivity index (χ1v) is 7.90. The van der Waals surface area contributed by atoms with E-state index in [0.29, 0.717) is 12.2 Å². The summed E-state index contributed by atoms with van der Waals surface area (Å²) in [4.78, 5) is 25.8. The lowest BCUT2D eigenvalue weighted by molar-refractivity contribution is -0.157. The molecule has 1 atom stereocenters. The van der Waals surface area contributed by atoms with Crippen molar-refractivity contribution in [3.8, 4) is 0 Å². The molecule has 0 saturated carbocycles. The molecule has 1 amide bonds. The smallest absolute Gasteiger partial charge is 0.411 e. The highest BCUT2D eigenvalue weighted by atomic mass is 16.6. The van der Waals surface area contributed by atoms with Crippen LogP contribution in [-0.4, -0.2) is 35.7 Å². The molecule has 0 radical (unpaired) electrons. The summed E-state index contributed by atoms with van der Waals surface area (Å²) in [7, 11) is 1.42. The van der Waals surface area contributed by atoms with Crippen LogP contribution >= 0.6 is 0 Å². The number of aliphatic carboxylic acids is 1. The number of hydrogen-bond donors (Lipinski definition) is 1. The lowest BCUT2D eigenvalue weighted by Crippen LogP contribution is -2.57. The summed E-state index contributed by atoms with van der Waals surface area (Å²) in [5, 5.41) is 9.91. The van der Waals surface area contributed by atoms with Crippen LogP contribution in [0.3, 0.4) is 0 Å².